The van der Waals surface area contributed by atoms with Gasteiger partial charge < -0.3 is 4.90 Å². The van der Waals surface area contributed by atoms with Gasteiger partial charge in [-0.05, 0) is 42.6 Å². The first-order valence-electron chi connectivity index (χ1n) is 8.09. The Balaban J connectivity index is 1.70. The van der Waals surface area contributed by atoms with Crippen LogP contribution in [0.5, 0.6) is 0 Å². The molecule has 0 N–H and O–H groups in total. The number of carbonyl (C=O) groups is 3. The molecule has 1 unspecified atom stereocenters. The molecule has 7 nitrogen and oxygen atoms in total. The highest BCUT2D eigenvalue weighted by molar-refractivity contribution is 8.18. The van der Waals surface area contributed by atoms with Crippen LogP contribution < -0.4 is 0 Å². The number of nitrogens with zero attached hydrogens (tertiary/aromatic N) is 2. The molecule has 1 atom stereocenters. The maximum Gasteiger partial charge on any atom is 0.294 e. The maximum atomic E-state index is 12.6. The highest BCUT2D eigenvalue weighted by Gasteiger charge is 2.39. The Morgan fingerprint density at radius 2 is 2.19 bits per heavy atom. The second-order valence-electron chi connectivity index (χ2n) is 6.02. The first kappa shape index (κ1) is 19.1. The molecule has 0 spiro atoms. The van der Waals surface area contributed by atoms with Crippen molar-refractivity contribution in [3.8, 4) is 0 Å². The molecular weight excluding hydrogens is 396 g/mol. The molecule has 0 saturated carbocycles. The average Bonchev–Trinajstić information content (AvgIpc) is 3.26. The van der Waals surface area contributed by atoms with E-state index in [-0.39, 0.29) is 29.0 Å². The summed E-state index contributed by atoms with van der Waals surface area (Å²) in [5.41, 5.74) is 0. The lowest BCUT2D eigenvalue weighted by Crippen LogP contribution is -2.47. The van der Waals surface area contributed by atoms with Crippen LogP contribution in [0.4, 0.5) is 4.79 Å². The molecule has 2 aliphatic heterocycles. The minimum absolute atomic E-state index is 0.0621. The molecule has 0 aliphatic carbocycles. The van der Waals surface area contributed by atoms with Gasteiger partial charge in [0.2, 0.25) is 5.91 Å². The van der Waals surface area contributed by atoms with Crippen molar-refractivity contribution in [1.82, 2.24) is 9.80 Å². The van der Waals surface area contributed by atoms with E-state index in [1.165, 1.54) is 16.2 Å². The number of amides is 3. The van der Waals surface area contributed by atoms with Crippen molar-refractivity contribution in [2.45, 2.75) is 19.4 Å². The van der Waals surface area contributed by atoms with Crippen LogP contribution in [0.3, 0.4) is 0 Å². The molecule has 3 amide bonds. The van der Waals surface area contributed by atoms with Crippen LogP contribution in [-0.2, 0) is 19.4 Å². The van der Waals surface area contributed by atoms with Gasteiger partial charge in [-0.15, -0.1) is 11.3 Å². The van der Waals surface area contributed by atoms with Crippen molar-refractivity contribution in [3.63, 3.8) is 0 Å². The molecule has 140 valence electrons. The molecule has 2 fully saturated rings. The van der Waals surface area contributed by atoms with Crippen LogP contribution in [0, 0.1) is 0 Å². The van der Waals surface area contributed by atoms with Gasteiger partial charge in [-0.1, -0.05) is 6.07 Å². The lowest BCUT2D eigenvalue weighted by molar-refractivity contribution is -0.137. The largest absolute Gasteiger partial charge is 0.337 e. The van der Waals surface area contributed by atoms with Crippen molar-refractivity contribution in [1.29, 1.82) is 0 Å². The predicted molar refractivity (Wildman–Crippen MR) is 101 cm³/mol. The smallest absolute Gasteiger partial charge is 0.294 e. The van der Waals surface area contributed by atoms with Crippen molar-refractivity contribution in [2.75, 3.05) is 24.6 Å². The first-order valence-corrected chi connectivity index (χ1v) is 11.6. The van der Waals surface area contributed by atoms with E-state index in [1.807, 2.05) is 17.5 Å². The number of thiophene rings is 1. The SMILES string of the molecule is CCN(C(=O)CN1C(=O)S/C(=C\c2cccs2)C1=O)C1CCS(=O)(=O)C1. The van der Waals surface area contributed by atoms with Gasteiger partial charge in [0.25, 0.3) is 11.1 Å². The third-order valence-corrected chi connectivity index (χ3v) is 7.77. The number of hydrogen-bond donors (Lipinski definition) is 0. The molecule has 1 aromatic rings. The third kappa shape index (κ3) is 4.02. The monoisotopic (exact) mass is 414 g/mol. The zero-order valence-electron chi connectivity index (χ0n) is 14.1. The van der Waals surface area contributed by atoms with Crippen LogP contribution >= 0.6 is 23.1 Å². The van der Waals surface area contributed by atoms with E-state index in [0.717, 1.165) is 21.5 Å². The van der Waals surface area contributed by atoms with E-state index in [9.17, 15) is 22.8 Å². The Bertz CT molecular complexity index is 860. The second kappa shape index (κ2) is 7.53. The van der Waals surface area contributed by atoms with Crippen LogP contribution in [0.25, 0.3) is 6.08 Å². The summed E-state index contributed by atoms with van der Waals surface area (Å²) in [4.78, 5) is 40.8. The summed E-state index contributed by atoms with van der Waals surface area (Å²) in [7, 11) is -3.12. The van der Waals surface area contributed by atoms with Crippen LogP contribution in [0.2, 0.25) is 0 Å². The maximum absolute atomic E-state index is 12.6. The number of carbonyl (C=O) groups excluding carboxylic acids is 3. The van der Waals surface area contributed by atoms with Gasteiger partial charge in [-0.3, -0.25) is 19.3 Å². The van der Waals surface area contributed by atoms with Gasteiger partial charge in [-0.25, -0.2) is 8.42 Å². The quantitative estimate of drug-likeness (QED) is 0.683. The van der Waals surface area contributed by atoms with Gasteiger partial charge in [0.15, 0.2) is 9.84 Å². The number of likely N-dealkylation sites (N-methyl/N-ethyl adjacent to an activating group) is 1. The summed E-state index contributed by atoms with van der Waals surface area (Å²) in [6.45, 7) is 1.73. The molecule has 3 heterocycles. The molecule has 26 heavy (non-hydrogen) atoms. The van der Waals surface area contributed by atoms with E-state index in [0.29, 0.717) is 13.0 Å². The highest BCUT2D eigenvalue weighted by atomic mass is 32.2. The topological polar surface area (TPSA) is 91.8 Å². The van der Waals surface area contributed by atoms with Gasteiger partial charge in [-0.2, -0.15) is 0 Å². The molecule has 3 rings (SSSR count). The summed E-state index contributed by atoms with van der Waals surface area (Å²) in [6.07, 6.45) is 2.03. The molecule has 2 aliphatic rings. The number of thioether (sulfide) groups is 1. The van der Waals surface area contributed by atoms with E-state index in [1.54, 1.807) is 13.0 Å². The zero-order chi connectivity index (χ0) is 18.9. The molecule has 1 aromatic heterocycles. The minimum atomic E-state index is -3.12. The van der Waals surface area contributed by atoms with E-state index >= 15 is 0 Å². The molecule has 0 bridgehead atoms. The lowest BCUT2D eigenvalue weighted by Gasteiger charge is -2.28. The van der Waals surface area contributed by atoms with Crippen molar-refractivity contribution < 1.29 is 22.8 Å². The summed E-state index contributed by atoms with van der Waals surface area (Å²) in [6, 6.07) is 3.29. The number of imide groups is 1. The van der Waals surface area contributed by atoms with Gasteiger partial charge in [0.05, 0.1) is 16.4 Å². The molecule has 2 saturated heterocycles. The molecule has 10 heteroatoms. The normalized spacial score (nSPS) is 23.8. The van der Waals surface area contributed by atoms with E-state index < -0.39 is 26.9 Å². The van der Waals surface area contributed by atoms with Gasteiger partial charge in [0, 0.05) is 17.5 Å². The zero-order valence-corrected chi connectivity index (χ0v) is 16.5. The molecular formula is C16H18N2O5S3. The lowest BCUT2D eigenvalue weighted by atomic mass is 10.2. The summed E-state index contributed by atoms with van der Waals surface area (Å²) >= 11 is 2.26. The van der Waals surface area contributed by atoms with Crippen LogP contribution in [-0.4, -0.2) is 65.9 Å². The average molecular weight is 415 g/mol. The summed E-state index contributed by atoms with van der Waals surface area (Å²) < 4.78 is 23.3. The Kier molecular flexibility index (Phi) is 5.54. The van der Waals surface area contributed by atoms with Crippen LogP contribution in [0.15, 0.2) is 22.4 Å². The molecule has 0 aromatic carbocycles. The van der Waals surface area contributed by atoms with Gasteiger partial charge in [0.1, 0.15) is 6.54 Å². The van der Waals surface area contributed by atoms with Crippen molar-refractivity contribution in [3.05, 3.63) is 27.3 Å². The Morgan fingerprint density at radius 1 is 1.42 bits per heavy atom. The predicted octanol–water partition coefficient (Wildman–Crippen LogP) is 1.82. The first-order chi connectivity index (χ1) is 12.3. The standard InChI is InChI=1S/C16H18N2O5S3/c1-2-17(11-5-7-26(22,23)10-11)14(19)9-18-15(20)13(25-16(18)21)8-12-4-3-6-24-12/h3-4,6,8,11H,2,5,7,9-10H2,1H3/b13-8-. The highest BCUT2D eigenvalue weighted by Crippen LogP contribution is 2.33. The Hall–Kier alpha value is -1.65. The third-order valence-electron chi connectivity index (χ3n) is 4.29. The Labute approximate surface area is 160 Å². The second-order valence-corrected chi connectivity index (χ2v) is 10.2. The van der Waals surface area contributed by atoms with Crippen LogP contribution in [0.1, 0.15) is 18.2 Å². The Morgan fingerprint density at radius 3 is 2.77 bits per heavy atom. The fourth-order valence-corrected chi connectivity index (χ4v) is 6.32. The summed E-state index contributed by atoms with van der Waals surface area (Å²) in [5, 5.41) is 1.38. The van der Waals surface area contributed by atoms with E-state index in [4.69, 9.17) is 0 Å². The van der Waals surface area contributed by atoms with E-state index in [2.05, 4.69) is 0 Å². The molecule has 0 radical (unpaired) electrons. The van der Waals surface area contributed by atoms with Crippen molar-refractivity contribution >= 4 is 56.1 Å². The number of hydrogen-bond acceptors (Lipinski definition) is 7. The minimum Gasteiger partial charge on any atom is -0.337 e. The van der Waals surface area contributed by atoms with Gasteiger partial charge >= 0.3 is 0 Å². The number of rotatable bonds is 5. The van der Waals surface area contributed by atoms with Crippen molar-refractivity contribution in [2.24, 2.45) is 0 Å². The fraction of sp³-hybridized carbons (Fsp3) is 0.438. The fourth-order valence-electron chi connectivity index (χ4n) is 3.02. The number of sulfone groups is 1. The summed E-state index contributed by atoms with van der Waals surface area (Å²) in [5.74, 6) is -0.898.